The maximum Gasteiger partial charge on any atom is 0.221 e. The Kier molecular flexibility index (Phi) is 4.83. The number of rotatable bonds is 6. The Bertz CT molecular complexity index is 657. The summed E-state index contributed by atoms with van der Waals surface area (Å²) in [4.78, 5) is 12.8. The largest absolute Gasteiger partial charge is 0.494 e. The Morgan fingerprint density at radius 3 is 2.46 bits per heavy atom. The third-order valence-corrected chi connectivity index (χ3v) is 7.64. The van der Waals surface area contributed by atoms with Gasteiger partial charge < -0.3 is 10.1 Å². The van der Waals surface area contributed by atoms with E-state index < -0.39 is 0 Å². The number of alkyl halides is 1. The summed E-state index contributed by atoms with van der Waals surface area (Å²) in [5.74, 6) is 2.74. The minimum atomic E-state index is 0.0324. The van der Waals surface area contributed by atoms with Crippen LogP contribution < -0.4 is 10.1 Å². The van der Waals surface area contributed by atoms with E-state index >= 15 is 0 Å². The van der Waals surface area contributed by atoms with Crippen LogP contribution in [0, 0.1) is 17.3 Å². The fourth-order valence-electron chi connectivity index (χ4n) is 6.28. The van der Waals surface area contributed by atoms with Crippen molar-refractivity contribution in [3.8, 4) is 5.75 Å². The molecule has 0 aromatic heterocycles. The molecule has 1 amide bonds. The van der Waals surface area contributed by atoms with Crippen molar-refractivity contribution in [2.24, 2.45) is 17.3 Å². The number of nitrogens with one attached hydrogen (secondary N) is 1. The molecule has 4 saturated carbocycles. The minimum absolute atomic E-state index is 0.0324. The van der Waals surface area contributed by atoms with Crippen molar-refractivity contribution in [2.45, 2.75) is 69.2 Å². The zero-order valence-corrected chi connectivity index (χ0v) is 17.5. The second kappa shape index (κ2) is 6.85. The van der Waals surface area contributed by atoms with Crippen LogP contribution in [0.3, 0.4) is 0 Å². The van der Waals surface area contributed by atoms with Crippen LogP contribution >= 0.6 is 15.9 Å². The van der Waals surface area contributed by atoms with E-state index in [1.807, 2.05) is 31.2 Å². The number of ether oxygens (including phenoxy) is 1. The van der Waals surface area contributed by atoms with Gasteiger partial charge in [0.15, 0.2) is 0 Å². The number of carbonyl (C=O) groups is 1. The van der Waals surface area contributed by atoms with Gasteiger partial charge in [0.05, 0.1) is 12.6 Å². The number of benzene rings is 1. The summed E-state index contributed by atoms with van der Waals surface area (Å²) in [5.41, 5.74) is 1.36. The molecule has 1 aromatic carbocycles. The first kappa shape index (κ1) is 18.3. The lowest BCUT2D eigenvalue weighted by molar-refractivity contribution is -0.128. The normalized spacial score (nSPS) is 36.0. The van der Waals surface area contributed by atoms with Gasteiger partial charge >= 0.3 is 0 Å². The van der Waals surface area contributed by atoms with Crippen molar-refractivity contribution in [1.29, 1.82) is 0 Å². The molecule has 0 radical (unpaired) electrons. The summed E-state index contributed by atoms with van der Waals surface area (Å²) in [7, 11) is 0. The number of halogens is 1. The molecule has 0 heterocycles. The topological polar surface area (TPSA) is 38.3 Å². The summed E-state index contributed by atoms with van der Waals surface area (Å²) in [6.07, 6.45) is 8.39. The predicted molar refractivity (Wildman–Crippen MR) is 108 cm³/mol. The summed E-state index contributed by atoms with van der Waals surface area (Å²) in [5, 5.41) is 3.24. The fourth-order valence-corrected chi connectivity index (χ4v) is 7.79. The summed E-state index contributed by atoms with van der Waals surface area (Å²) in [6, 6.07) is 8.09. The van der Waals surface area contributed by atoms with Gasteiger partial charge in [-0.3, -0.25) is 4.79 Å². The van der Waals surface area contributed by atoms with Gasteiger partial charge in [-0.05, 0) is 87.3 Å². The zero-order chi connectivity index (χ0) is 18.4. The first-order valence-corrected chi connectivity index (χ1v) is 10.9. The van der Waals surface area contributed by atoms with Crippen LogP contribution in [0.25, 0.3) is 0 Å². The highest BCUT2D eigenvalue weighted by Crippen LogP contribution is 2.65. The third-order valence-electron chi connectivity index (χ3n) is 6.72. The molecule has 0 saturated heterocycles. The highest BCUT2D eigenvalue weighted by molar-refractivity contribution is 9.10. The number of hydrogen-bond acceptors (Lipinski definition) is 2. The van der Waals surface area contributed by atoms with E-state index in [4.69, 9.17) is 4.74 Å². The highest BCUT2D eigenvalue weighted by atomic mass is 79.9. The van der Waals surface area contributed by atoms with Gasteiger partial charge in [0.25, 0.3) is 0 Å². The lowest BCUT2D eigenvalue weighted by Crippen LogP contribution is -2.54. The Hall–Kier alpha value is -1.03. The standard InChI is InChI=1S/C22H30BrNO2/c1-3-26-19-6-4-18(5-7-19)15(2)24-20(25)13-21-9-16-8-17(10-21)12-22(23,11-16)14-21/h4-7,15-17H,3,8-14H2,1-2H3,(H,24,25). The monoisotopic (exact) mass is 419 g/mol. The molecule has 4 aliphatic carbocycles. The van der Waals surface area contributed by atoms with Crippen molar-refractivity contribution in [1.82, 2.24) is 5.32 Å². The molecule has 3 unspecified atom stereocenters. The molecule has 4 aliphatic rings. The van der Waals surface area contributed by atoms with Gasteiger partial charge in [-0.25, -0.2) is 0 Å². The Labute approximate surface area is 165 Å². The maximum absolute atomic E-state index is 12.8. The molecule has 4 fully saturated rings. The summed E-state index contributed by atoms with van der Waals surface area (Å²) < 4.78 is 5.82. The minimum Gasteiger partial charge on any atom is -0.494 e. The van der Waals surface area contributed by atoms with E-state index in [2.05, 4.69) is 28.2 Å². The average molecular weight is 420 g/mol. The summed E-state index contributed by atoms with van der Waals surface area (Å²) >= 11 is 4.05. The summed E-state index contributed by atoms with van der Waals surface area (Å²) in [6.45, 7) is 4.72. The second-order valence-electron chi connectivity index (χ2n) is 9.08. The van der Waals surface area contributed by atoms with Crippen molar-refractivity contribution < 1.29 is 9.53 Å². The quantitative estimate of drug-likeness (QED) is 0.627. The molecule has 4 heteroatoms. The van der Waals surface area contributed by atoms with Crippen molar-refractivity contribution in [2.75, 3.05) is 6.61 Å². The molecule has 3 nitrogen and oxygen atoms in total. The van der Waals surface area contributed by atoms with Gasteiger partial charge in [0.1, 0.15) is 5.75 Å². The van der Waals surface area contributed by atoms with Crippen LogP contribution in [-0.2, 0) is 4.79 Å². The van der Waals surface area contributed by atoms with E-state index in [1.54, 1.807) is 0 Å². The fraction of sp³-hybridized carbons (Fsp3) is 0.682. The number of hydrogen-bond donors (Lipinski definition) is 1. The van der Waals surface area contributed by atoms with Crippen LogP contribution in [0.2, 0.25) is 0 Å². The first-order chi connectivity index (χ1) is 12.4. The van der Waals surface area contributed by atoms with Gasteiger partial charge in [-0.1, -0.05) is 28.1 Å². The molecule has 0 aliphatic heterocycles. The predicted octanol–water partition coefficient (Wildman–Crippen LogP) is 5.39. The maximum atomic E-state index is 12.8. The molecular weight excluding hydrogens is 390 g/mol. The average Bonchev–Trinajstić information content (AvgIpc) is 2.52. The van der Waals surface area contributed by atoms with E-state index in [0.717, 1.165) is 23.1 Å². The number of amides is 1. The number of carbonyl (C=O) groups excluding carboxylic acids is 1. The molecule has 4 bridgehead atoms. The van der Waals surface area contributed by atoms with Gasteiger partial charge in [-0.15, -0.1) is 0 Å². The van der Waals surface area contributed by atoms with E-state index in [-0.39, 0.29) is 17.4 Å². The van der Waals surface area contributed by atoms with Gasteiger partial charge in [0, 0.05) is 10.7 Å². The SMILES string of the molecule is CCOc1ccc(C(C)NC(=O)CC23CC4CC(CC(Br)(C4)C2)C3)cc1. The lowest BCUT2D eigenvalue weighted by atomic mass is 9.48. The molecule has 0 spiro atoms. The molecular formula is C22H30BrNO2. The van der Waals surface area contributed by atoms with Crippen LogP contribution in [0.1, 0.15) is 70.4 Å². The van der Waals surface area contributed by atoms with Crippen molar-refractivity contribution in [3.05, 3.63) is 29.8 Å². The lowest BCUT2D eigenvalue weighted by Gasteiger charge is -2.60. The molecule has 1 N–H and O–H groups in total. The van der Waals surface area contributed by atoms with Crippen molar-refractivity contribution >= 4 is 21.8 Å². The van der Waals surface area contributed by atoms with Crippen LogP contribution in [-0.4, -0.2) is 16.8 Å². The second-order valence-corrected chi connectivity index (χ2v) is 10.8. The molecule has 5 rings (SSSR count). The van der Waals surface area contributed by atoms with Crippen molar-refractivity contribution in [3.63, 3.8) is 0 Å². The van der Waals surface area contributed by atoms with Crippen LogP contribution in [0.4, 0.5) is 0 Å². The smallest absolute Gasteiger partial charge is 0.221 e. The molecule has 142 valence electrons. The van der Waals surface area contributed by atoms with Gasteiger partial charge in [0.2, 0.25) is 5.91 Å². The highest BCUT2D eigenvalue weighted by Gasteiger charge is 2.57. The Morgan fingerprint density at radius 2 is 1.88 bits per heavy atom. The first-order valence-electron chi connectivity index (χ1n) is 10.1. The Balaban J connectivity index is 1.38. The third kappa shape index (κ3) is 3.67. The molecule has 26 heavy (non-hydrogen) atoms. The van der Waals surface area contributed by atoms with Crippen LogP contribution in [0.15, 0.2) is 24.3 Å². The van der Waals surface area contributed by atoms with E-state index in [1.165, 1.54) is 38.5 Å². The van der Waals surface area contributed by atoms with Gasteiger partial charge in [-0.2, -0.15) is 0 Å². The van der Waals surface area contributed by atoms with Crippen LogP contribution in [0.5, 0.6) is 5.75 Å². The zero-order valence-electron chi connectivity index (χ0n) is 15.9. The molecule has 1 aromatic rings. The molecule has 3 atom stereocenters. The Morgan fingerprint density at radius 1 is 1.23 bits per heavy atom. The van der Waals surface area contributed by atoms with E-state index in [0.29, 0.717) is 17.4 Å². The van der Waals surface area contributed by atoms with E-state index in [9.17, 15) is 4.79 Å².